The van der Waals surface area contributed by atoms with Crippen molar-refractivity contribution < 1.29 is 9.47 Å². The van der Waals surface area contributed by atoms with Crippen molar-refractivity contribution in [3.05, 3.63) is 83.4 Å². The van der Waals surface area contributed by atoms with Crippen LogP contribution in [0.5, 0.6) is 11.5 Å². The van der Waals surface area contributed by atoms with Crippen LogP contribution in [0.4, 0.5) is 11.4 Å². The number of methoxy groups -OCH3 is 2. The van der Waals surface area contributed by atoms with Crippen molar-refractivity contribution in [1.29, 1.82) is 0 Å². The van der Waals surface area contributed by atoms with E-state index in [1.54, 1.807) is 14.2 Å². The van der Waals surface area contributed by atoms with Crippen LogP contribution in [0.1, 0.15) is 23.1 Å². The minimum Gasteiger partial charge on any atom is -0.493 e. The third-order valence-corrected chi connectivity index (χ3v) is 6.00. The number of hydrogen-bond acceptors (Lipinski definition) is 4. The predicted octanol–water partition coefficient (Wildman–Crippen LogP) is 5.16. The standard InChI is InChI=1S/C27H32N2O2/c1-30-26-15-12-21(20-27(26)31-2)16-18-28-17-7-19-29-24-10-5-3-8-22(24)13-14-23-9-4-6-11-25(23)29/h3-6,8-12,15,20,28H,7,13-14,16-19H2,1-2H3. The lowest BCUT2D eigenvalue weighted by molar-refractivity contribution is 0.354. The zero-order chi connectivity index (χ0) is 21.5. The Morgan fingerprint density at radius 1 is 0.774 bits per heavy atom. The summed E-state index contributed by atoms with van der Waals surface area (Å²) in [5, 5.41) is 3.60. The molecule has 3 aromatic carbocycles. The van der Waals surface area contributed by atoms with Gasteiger partial charge in [0.2, 0.25) is 0 Å². The van der Waals surface area contributed by atoms with E-state index in [4.69, 9.17) is 9.47 Å². The highest BCUT2D eigenvalue weighted by molar-refractivity contribution is 5.71. The molecule has 0 fully saturated rings. The number of rotatable bonds is 9. The molecule has 31 heavy (non-hydrogen) atoms. The normalized spacial score (nSPS) is 12.6. The van der Waals surface area contributed by atoms with E-state index in [9.17, 15) is 0 Å². The maximum Gasteiger partial charge on any atom is 0.160 e. The predicted molar refractivity (Wildman–Crippen MR) is 128 cm³/mol. The maximum atomic E-state index is 5.41. The minimum absolute atomic E-state index is 0.775. The maximum absolute atomic E-state index is 5.41. The molecule has 1 heterocycles. The Kier molecular flexibility index (Phi) is 7.11. The number of nitrogens with one attached hydrogen (secondary N) is 1. The number of nitrogens with zero attached hydrogens (tertiary/aromatic N) is 1. The van der Waals surface area contributed by atoms with Gasteiger partial charge >= 0.3 is 0 Å². The van der Waals surface area contributed by atoms with E-state index >= 15 is 0 Å². The quantitative estimate of drug-likeness (QED) is 0.489. The molecule has 0 aromatic heterocycles. The van der Waals surface area contributed by atoms with Gasteiger partial charge in [0.15, 0.2) is 11.5 Å². The molecule has 1 N–H and O–H groups in total. The Morgan fingerprint density at radius 2 is 1.42 bits per heavy atom. The van der Waals surface area contributed by atoms with Crippen molar-refractivity contribution in [2.75, 3.05) is 38.8 Å². The fourth-order valence-electron chi connectivity index (χ4n) is 4.37. The third-order valence-electron chi connectivity index (χ3n) is 6.00. The Bertz CT molecular complexity index is 955. The molecular formula is C27H32N2O2. The molecule has 0 bridgehead atoms. The Balaban J connectivity index is 1.32. The molecule has 0 atom stereocenters. The van der Waals surface area contributed by atoms with Gasteiger partial charge in [-0.25, -0.2) is 0 Å². The zero-order valence-electron chi connectivity index (χ0n) is 18.6. The largest absolute Gasteiger partial charge is 0.493 e. The summed E-state index contributed by atoms with van der Waals surface area (Å²) >= 11 is 0. The monoisotopic (exact) mass is 416 g/mol. The van der Waals surface area contributed by atoms with Crippen molar-refractivity contribution in [2.24, 2.45) is 0 Å². The first-order chi connectivity index (χ1) is 15.3. The Morgan fingerprint density at radius 3 is 2.06 bits per heavy atom. The highest BCUT2D eigenvalue weighted by atomic mass is 16.5. The lowest BCUT2D eigenvalue weighted by Gasteiger charge is -2.27. The van der Waals surface area contributed by atoms with Crippen LogP contribution < -0.4 is 19.7 Å². The third kappa shape index (κ3) is 5.02. The summed E-state index contributed by atoms with van der Waals surface area (Å²) in [7, 11) is 3.35. The highest BCUT2D eigenvalue weighted by Crippen LogP contribution is 2.35. The van der Waals surface area contributed by atoms with Crippen molar-refractivity contribution in [2.45, 2.75) is 25.7 Å². The molecule has 0 spiro atoms. The average molecular weight is 417 g/mol. The van der Waals surface area contributed by atoms with E-state index in [1.807, 2.05) is 6.07 Å². The van der Waals surface area contributed by atoms with Crippen LogP contribution in [0.25, 0.3) is 0 Å². The number of fused-ring (bicyclic) bond motifs is 2. The van der Waals surface area contributed by atoms with Crippen LogP contribution in [-0.4, -0.2) is 33.9 Å². The second kappa shape index (κ2) is 10.4. The first-order valence-electron chi connectivity index (χ1n) is 11.1. The van der Waals surface area contributed by atoms with Gasteiger partial charge in [-0.3, -0.25) is 0 Å². The van der Waals surface area contributed by atoms with Gasteiger partial charge in [-0.05, 0) is 79.7 Å². The summed E-state index contributed by atoms with van der Waals surface area (Å²) in [6.45, 7) is 2.95. The number of anilines is 2. The van der Waals surface area contributed by atoms with Gasteiger partial charge in [0.1, 0.15) is 0 Å². The number of para-hydroxylation sites is 2. The summed E-state index contributed by atoms with van der Waals surface area (Å²) in [6.07, 6.45) is 4.27. The number of benzene rings is 3. The molecule has 1 aliphatic rings. The van der Waals surface area contributed by atoms with Crippen molar-refractivity contribution in [3.8, 4) is 11.5 Å². The van der Waals surface area contributed by atoms with E-state index in [-0.39, 0.29) is 0 Å². The molecule has 0 aliphatic carbocycles. The summed E-state index contributed by atoms with van der Waals surface area (Å²) in [5.74, 6) is 1.57. The second-order valence-corrected chi connectivity index (χ2v) is 7.95. The van der Waals surface area contributed by atoms with Gasteiger partial charge < -0.3 is 19.7 Å². The SMILES string of the molecule is COc1ccc(CCNCCCN2c3ccccc3CCc3ccccc32)cc1OC. The molecule has 0 radical (unpaired) electrons. The first kappa shape index (κ1) is 21.3. The van der Waals surface area contributed by atoms with E-state index in [0.717, 1.165) is 56.8 Å². The number of hydrogen-bond donors (Lipinski definition) is 1. The molecule has 3 aromatic rings. The minimum atomic E-state index is 0.775. The van der Waals surface area contributed by atoms with E-state index in [1.165, 1.54) is 28.1 Å². The number of ether oxygens (including phenoxy) is 2. The molecule has 0 unspecified atom stereocenters. The first-order valence-corrected chi connectivity index (χ1v) is 11.1. The Labute approximate surface area is 185 Å². The van der Waals surface area contributed by atoms with Crippen LogP contribution >= 0.6 is 0 Å². The van der Waals surface area contributed by atoms with E-state index in [0.29, 0.717) is 0 Å². The summed E-state index contributed by atoms with van der Waals surface area (Å²) < 4.78 is 10.7. The van der Waals surface area contributed by atoms with E-state index < -0.39 is 0 Å². The highest BCUT2D eigenvalue weighted by Gasteiger charge is 2.19. The second-order valence-electron chi connectivity index (χ2n) is 7.95. The van der Waals surface area contributed by atoms with Gasteiger partial charge in [-0.15, -0.1) is 0 Å². The fraction of sp³-hybridized carbons (Fsp3) is 0.333. The number of aryl methyl sites for hydroxylation is 2. The van der Waals surface area contributed by atoms with Gasteiger partial charge in [0.05, 0.1) is 14.2 Å². The lowest BCUT2D eigenvalue weighted by atomic mass is 10.0. The van der Waals surface area contributed by atoms with Crippen molar-refractivity contribution >= 4 is 11.4 Å². The molecule has 162 valence electrons. The van der Waals surface area contributed by atoms with Gasteiger partial charge in [0.25, 0.3) is 0 Å². The molecule has 4 rings (SSSR count). The van der Waals surface area contributed by atoms with Gasteiger partial charge in [-0.1, -0.05) is 42.5 Å². The van der Waals surface area contributed by atoms with Crippen molar-refractivity contribution in [3.63, 3.8) is 0 Å². The fourth-order valence-corrected chi connectivity index (χ4v) is 4.37. The Hall–Kier alpha value is -2.98. The average Bonchev–Trinajstić information content (AvgIpc) is 2.98. The summed E-state index contributed by atoms with van der Waals surface area (Å²) in [4.78, 5) is 2.51. The molecule has 0 saturated carbocycles. The van der Waals surface area contributed by atoms with Crippen LogP contribution in [-0.2, 0) is 19.3 Å². The van der Waals surface area contributed by atoms with Crippen LogP contribution in [0, 0.1) is 0 Å². The molecule has 0 saturated heterocycles. The smallest absolute Gasteiger partial charge is 0.160 e. The topological polar surface area (TPSA) is 33.7 Å². The van der Waals surface area contributed by atoms with Crippen molar-refractivity contribution in [1.82, 2.24) is 5.32 Å². The zero-order valence-corrected chi connectivity index (χ0v) is 18.6. The van der Waals surface area contributed by atoms with Crippen LogP contribution in [0.2, 0.25) is 0 Å². The van der Waals surface area contributed by atoms with Crippen LogP contribution in [0.15, 0.2) is 66.7 Å². The van der Waals surface area contributed by atoms with E-state index in [2.05, 4.69) is 70.9 Å². The summed E-state index contributed by atoms with van der Waals surface area (Å²) in [6, 6.07) is 23.8. The molecular weight excluding hydrogens is 384 g/mol. The molecule has 0 amide bonds. The van der Waals surface area contributed by atoms with Gasteiger partial charge in [-0.2, -0.15) is 0 Å². The lowest BCUT2D eigenvalue weighted by Crippen LogP contribution is -2.25. The summed E-state index contributed by atoms with van der Waals surface area (Å²) in [5.41, 5.74) is 6.86. The molecule has 1 aliphatic heterocycles. The molecule has 4 nitrogen and oxygen atoms in total. The van der Waals surface area contributed by atoms with Gasteiger partial charge in [0, 0.05) is 17.9 Å². The molecule has 4 heteroatoms. The van der Waals surface area contributed by atoms with Crippen LogP contribution in [0.3, 0.4) is 0 Å².